The first-order valence-electron chi connectivity index (χ1n) is 21.8. The van der Waals surface area contributed by atoms with E-state index in [2.05, 4.69) is 13.8 Å². The van der Waals surface area contributed by atoms with Crippen molar-refractivity contribution in [2.24, 2.45) is 70.0 Å². The van der Waals surface area contributed by atoms with Gasteiger partial charge < -0.3 is 18.9 Å². The van der Waals surface area contributed by atoms with Crippen molar-refractivity contribution in [1.82, 2.24) is 0 Å². The average molecular weight is 721 g/mol. The molecule has 0 spiro atoms. The third-order valence-corrected chi connectivity index (χ3v) is 16.9. The van der Waals surface area contributed by atoms with Crippen molar-refractivity contribution in [3.63, 3.8) is 0 Å². The van der Waals surface area contributed by atoms with E-state index in [0.29, 0.717) is 43.3 Å². The van der Waals surface area contributed by atoms with E-state index in [1.165, 1.54) is 12.8 Å². The summed E-state index contributed by atoms with van der Waals surface area (Å²) in [6.45, 7) is 5.01. The molecule has 0 heterocycles. The van der Waals surface area contributed by atoms with Crippen LogP contribution in [-0.4, -0.2) is 48.3 Å². The van der Waals surface area contributed by atoms with Gasteiger partial charge in [0.05, 0.1) is 36.9 Å². The number of carbonyl (C=O) groups excluding carboxylic acids is 4. The summed E-state index contributed by atoms with van der Waals surface area (Å²) in [7, 11) is 0. The van der Waals surface area contributed by atoms with Crippen LogP contribution in [0.4, 0.5) is 0 Å². The van der Waals surface area contributed by atoms with Crippen LogP contribution in [0.15, 0.2) is 0 Å². The van der Waals surface area contributed by atoms with Crippen LogP contribution in [0.1, 0.15) is 155 Å². The topological polar surface area (TPSA) is 105 Å². The predicted octanol–water partition coefficient (Wildman–Crippen LogP) is 8.52. The molecule has 8 nitrogen and oxygen atoms in total. The van der Waals surface area contributed by atoms with Crippen molar-refractivity contribution in [3.05, 3.63) is 0 Å². The first-order chi connectivity index (χ1) is 25.1. The van der Waals surface area contributed by atoms with Crippen LogP contribution in [0.25, 0.3) is 0 Å². The zero-order valence-electron chi connectivity index (χ0n) is 32.0. The fourth-order valence-corrected chi connectivity index (χ4v) is 15.5. The summed E-state index contributed by atoms with van der Waals surface area (Å²) in [6, 6.07) is 0. The highest BCUT2D eigenvalue weighted by molar-refractivity contribution is 5.84. The van der Waals surface area contributed by atoms with E-state index in [9.17, 15) is 9.59 Å². The summed E-state index contributed by atoms with van der Waals surface area (Å²) >= 11 is 0. The van der Waals surface area contributed by atoms with Crippen LogP contribution in [0.5, 0.6) is 0 Å². The van der Waals surface area contributed by atoms with E-state index < -0.39 is 22.0 Å². The molecule has 0 saturated heterocycles. The fourth-order valence-electron chi connectivity index (χ4n) is 15.5. The molecular formula is C44H64O8. The van der Waals surface area contributed by atoms with Crippen molar-refractivity contribution in [2.45, 2.75) is 166 Å². The lowest BCUT2D eigenvalue weighted by Crippen LogP contribution is -2.65. The summed E-state index contributed by atoms with van der Waals surface area (Å²) in [5, 5.41) is 0. The maximum atomic E-state index is 15.0. The number of esters is 4. The van der Waals surface area contributed by atoms with Crippen molar-refractivity contribution < 1.29 is 38.1 Å². The Hall–Kier alpha value is -2.12. The average Bonchev–Trinajstić information content (AvgIpc) is 3.08. The molecule has 0 aromatic rings. The van der Waals surface area contributed by atoms with Crippen LogP contribution >= 0.6 is 0 Å². The van der Waals surface area contributed by atoms with Gasteiger partial charge in [-0.05, 0) is 151 Å². The van der Waals surface area contributed by atoms with E-state index in [0.717, 1.165) is 109 Å². The summed E-state index contributed by atoms with van der Waals surface area (Å²) in [6.07, 6.45) is 19.3. The maximum absolute atomic E-state index is 15.0. The lowest BCUT2D eigenvalue weighted by Gasteiger charge is -2.63. The van der Waals surface area contributed by atoms with E-state index in [-0.39, 0.29) is 72.2 Å². The molecule has 12 aliphatic rings. The van der Waals surface area contributed by atoms with Gasteiger partial charge in [-0.1, -0.05) is 26.7 Å². The first kappa shape index (κ1) is 35.6. The molecule has 288 valence electrons. The Morgan fingerprint density at radius 1 is 0.481 bits per heavy atom. The molecule has 0 unspecified atom stereocenters. The molecule has 52 heavy (non-hydrogen) atoms. The number of ether oxygens (including phenoxy) is 4. The van der Waals surface area contributed by atoms with Crippen molar-refractivity contribution >= 4 is 23.9 Å². The van der Waals surface area contributed by atoms with Gasteiger partial charge in [-0.2, -0.15) is 0 Å². The van der Waals surface area contributed by atoms with Crippen molar-refractivity contribution in [2.75, 3.05) is 13.2 Å². The Labute approximate surface area is 310 Å². The van der Waals surface area contributed by atoms with Crippen LogP contribution in [-0.2, 0) is 38.1 Å². The van der Waals surface area contributed by atoms with Crippen molar-refractivity contribution in [3.8, 4) is 0 Å². The molecule has 12 bridgehead atoms. The van der Waals surface area contributed by atoms with Gasteiger partial charge in [0.2, 0.25) is 0 Å². The zero-order valence-corrected chi connectivity index (χ0v) is 32.0. The van der Waals surface area contributed by atoms with E-state index in [1.807, 2.05) is 0 Å². The molecule has 0 aromatic heterocycles. The van der Waals surface area contributed by atoms with Crippen LogP contribution in [0, 0.1) is 70.0 Å². The number of rotatable bonds is 14. The maximum Gasteiger partial charge on any atom is 0.312 e. The normalized spacial score (nSPS) is 47.0. The molecule has 12 fully saturated rings. The second-order valence-corrected chi connectivity index (χ2v) is 20.3. The quantitative estimate of drug-likeness (QED) is 0.1000. The first-order valence-corrected chi connectivity index (χ1v) is 21.8. The second-order valence-electron chi connectivity index (χ2n) is 20.3. The van der Waals surface area contributed by atoms with Crippen LogP contribution < -0.4 is 0 Å². The van der Waals surface area contributed by atoms with Gasteiger partial charge in [0, 0.05) is 23.7 Å². The molecule has 0 radical (unpaired) electrons. The molecule has 0 aliphatic heterocycles. The molecule has 12 saturated carbocycles. The van der Waals surface area contributed by atoms with Crippen molar-refractivity contribution in [1.29, 1.82) is 0 Å². The Kier molecular flexibility index (Phi) is 9.08. The van der Waals surface area contributed by atoms with E-state index in [4.69, 9.17) is 18.9 Å². The lowest BCUT2D eigenvalue weighted by molar-refractivity contribution is -0.244. The summed E-state index contributed by atoms with van der Waals surface area (Å²) in [4.78, 5) is 57.0. The Balaban J connectivity index is 0.977. The third-order valence-electron chi connectivity index (χ3n) is 16.9. The minimum absolute atomic E-state index is 0.156. The monoisotopic (exact) mass is 720 g/mol. The summed E-state index contributed by atoms with van der Waals surface area (Å²) in [5.74, 6) is 3.28. The molecule has 12 aliphatic carbocycles. The van der Waals surface area contributed by atoms with E-state index in [1.54, 1.807) is 0 Å². The van der Waals surface area contributed by atoms with Gasteiger partial charge in [0.15, 0.2) is 0 Å². The molecular weight excluding hydrogens is 656 g/mol. The number of unbranched alkanes of at least 4 members (excludes halogenated alkanes) is 2. The van der Waals surface area contributed by atoms with E-state index >= 15 is 9.59 Å². The van der Waals surface area contributed by atoms with Gasteiger partial charge in [-0.15, -0.1) is 0 Å². The minimum Gasteiger partial charge on any atom is -0.466 e. The minimum atomic E-state index is -0.798. The number of hydrogen-bond acceptors (Lipinski definition) is 8. The zero-order chi connectivity index (χ0) is 35.9. The summed E-state index contributed by atoms with van der Waals surface area (Å²) in [5.41, 5.74) is -3.05. The molecule has 0 amide bonds. The smallest absolute Gasteiger partial charge is 0.312 e. The highest BCUT2D eigenvalue weighted by Crippen LogP contribution is 2.69. The van der Waals surface area contributed by atoms with Gasteiger partial charge >= 0.3 is 23.9 Å². The highest BCUT2D eigenvalue weighted by Gasteiger charge is 2.69. The SMILES string of the molecule is CCCCOC(=O)CC1(OC(=O)C23CC4CC(C2)CC(C(=O)OC2(CC(=O)OCCCC)C5CC6CC(C5)CC2C6)(C4)C3)C2CC3CC(C2)CC1C3. The Morgan fingerprint density at radius 2 is 0.808 bits per heavy atom. The fraction of sp³-hybridized carbons (Fsp3) is 0.909. The number of carbonyl (C=O) groups is 4. The second kappa shape index (κ2) is 13.3. The standard InChI is InChI=1S/C44H64O8/c1-3-5-7-49-37(45)24-43(33-12-27-9-28(14-33)15-34(43)13-27)51-39(47)41-20-31-11-32(21-41)23-42(22-31,26-41)40(48)52-44(25-38(46)50-8-6-4-2)35-16-29-10-30(18-35)19-36(44)17-29/h27-36H,3-26H2,1-2H3. The Bertz CT molecular complexity index is 1260. The molecule has 0 atom stereocenters. The molecule has 0 N–H and O–H groups in total. The highest BCUT2D eigenvalue weighted by atomic mass is 16.6. The Morgan fingerprint density at radius 3 is 1.13 bits per heavy atom. The van der Waals surface area contributed by atoms with Gasteiger partial charge in [0.25, 0.3) is 0 Å². The molecule has 0 aromatic carbocycles. The van der Waals surface area contributed by atoms with Gasteiger partial charge in [-0.3, -0.25) is 19.2 Å². The third kappa shape index (κ3) is 5.87. The largest absolute Gasteiger partial charge is 0.466 e. The molecule has 12 rings (SSSR count). The predicted molar refractivity (Wildman–Crippen MR) is 192 cm³/mol. The van der Waals surface area contributed by atoms with Crippen LogP contribution in [0.3, 0.4) is 0 Å². The summed E-state index contributed by atoms with van der Waals surface area (Å²) < 4.78 is 25.5. The van der Waals surface area contributed by atoms with Crippen LogP contribution in [0.2, 0.25) is 0 Å². The molecule has 8 heteroatoms. The van der Waals surface area contributed by atoms with Gasteiger partial charge in [-0.25, -0.2) is 0 Å². The van der Waals surface area contributed by atoms with Gasteiger partial charge in [0.1, 0.15) is 11.2 Å². The lowest BCUT2D eigenvalue weighted by atomic mass is 9.44. The number of hydrogen-bond donors (Lipinski definition) is 0.